The number of hydrogen-bond acceptors (Lipinski definition) is 3. The molecule has 68 valence electrons. The SMILES string of the molecule is Cl.N[C@@H]1CCCC[C@@H](O)[C@H]1O. The zero-order valence-electron chi connectivity index (χ0n) is 6.44. The lowest BCUT2D eigenvalue weighted by molar-refractivity contribution is 0.00575. The molecule has 0 aromatic rings. The lowest BCUT2D eigenvalue weighted by atomic mass is 10.1. The van der Waals surface area contributed by atoms with Crippen LogP contribution in [-0.2, 0) is 0 Å². The molecule has 0 aromatic carbocycles. The first-order chi connectivity index (χ1) is 4.72. The van der Waals surface area contributed by atoms with E-state index >= 15 is 0 Å². The lowest BCUT2D eigenvalue weighted by Gasteiger charge is -2.19. The number of rotatable bonds is 0. The maximum Gasteiger partial charge on any atom is 0.0949 e. The summed E-state index contributed by atoms with van der Waals surface area (Å²) < 4.78 is 0. The Balaban J connectivity index is 0.000001000. The molecule has 0 aromatic heterocycles. The van der Waals surface area contributed by atoms with Gasteiger partial charge < -0.3 is 15.9 Å². The van der Waals surface area contributed by atoms with Gasteiger partial charge in [0.25, 0.3) is 0 Å². The van der Waals surface area contributed by atoms with Gasteiger partial charge in [0.15, 0.2) is 0 Å². The fourth-order valence-electron chi connectivity index (χ4n) is 1.36. The molecule has 0 amide bonds. The van der Waals surface area contributed by atoms with Crippen molar-refractivity contribution in [2.75, 3.05) is 0 Å². The Morgan fingerprint density at radius 2 is 1.64 bits per heavy atom. The summed E-state index contributed by atoms with van der Waals surface area (Å²) in [5, 5.41) is 18.4. The van der Waals surface area contributed by atoms with Gasteiger partial charge in [0.2, 0.25) is 0 Å². The Kier molecular flexibility index (Phi) is 5.01. The van der Waals surface area contributed by atoms with Crippen LogP contribution in [0.3, 0.4) is 0 Å². The summed E-state index contributed by atoms with van der Waals surface area (Å²) in [5.41, 5.74) is 5.56. The third kappa shape index (κ3) is 2.95. The highest BCUT2D eigenvalue weighted by molar-refractivity contribution is 5.85. The van der Waals surface area contributed by atoms with Crippen LogP contribution in [0.15, 0.2) is 0 Å². The molecule has 4 N–H and O–H groups in total. The Morgan fingerprint density at radius 3 is 2.27 bits per heavy atom. The van der Waals surface area contributed by atoms with Crippen LogP contribution in [0, 0.1) is 0 Å². The minimum absolute atomic E-state index is 0. The fraction of sp³-hybridized carbons (Fsp3) is 1.00. The van der Waals surface area contributed by atoms with E-state index in [0.29, 0.717) is 6.42 Å². The fourth-order valence-corrected chi connectivity index (χ4v) is 1.36. The first-order valence-corrected chi connectivity index (χ1v) is 3.83. The Labute approximate surface area is 73.0 Å². The normalized spacial score (nSPS) is 39.0. The van der Waals surface area contributed by atoms with E-state index < -0.39 is 12.2 Å². The largest absolute Gasteiger partial charge is 0.390 e. The van der Waals surface area contributed by atoms with E-state index in [-0.39, 0.29) is 18.4 Å². The van der Waals surface area contributed by atoms with Gasteiger partial charge in [-0.3, -0.25) is 0 Å². The highest BCUT2D eigenvalue weighted by Crippen LogP contribution is 2.16. The van der Waals surface area contributed by atoms with Crippen molar-refractivity contribution in [3.8, 4) is 0 Å². The van der Waals surface area contributed by atoms with E-state index in [1.165, 1.54) is 0 Å². The van der Waals surface area contributed by atoms with Crippen LogP contribution >= 0.6 is 12.4 Å². The molecular formula is C7H16ClNO2. The first-order valence-electron chi connectivity index (χ1n) is 3.83. The Morgan fingerprint density at radius 1 is 1.09 bits per heavy atom. The minimum Gasteiger partial charge on any atom is -0.390 e. The molecule has 0 bridgehead atoms. The molecule has 0 saturated heterocycles. The molecule has 1 aliphatic carbocycles. The number of hydrogen-bond donors (Lipinski definition) is 3. The average Bonchev–Trinajstić information content (AvgIpc) is 2.04. The molecule has 1 aliphatic rings. The molecule has 1 rings (SSSR count). The van der Waals surface area contributed by atoms with Crippen LogP contribution in [0.5, 0.6) is 0 Å². The van der Waals surface area contributed by atoms with Gasteiger partial charge in [-0.05, 0) is 12.8 Å². The maximum atomic E-state index is 9.25. The first kappa shape index (κ1) is 11.2. The average molecular weight is 182 g/mol. The van der Waals surface area contributed by atoms with Crippen molar-refractivity contribution in [3.05, 3.63) is 0 Å². The van der Waals surface area contributed by atoms with Gasteiger partial charge in [0, 0.05) is 6.04 Å². The van der Waals surface area contributed by atoms with Crippen molar-refractivity contribution in [2.24, 2.45) is 5.73 Å². The van der Waals surface area contributed by atoms with Gasteiger partial charge in [0.1, 0.15) is 0 Å². The third-order valence-corrected chi connectivity index (χ3v) is 2.12. The molecule has 11 heavy (non-hydrogen) atoms. The summed E-state index contributed by atoms with van der Waals surface area (Å²) in [6.07, 6.45) is 2.22. The van der Waals surface area contributed by atoms with Gasteiger partial charge in [-0.25, -0.2) is 0 Å². The second-order valence-corrected chi connectivity index (χ2v) is 3.01. The van der Waals surface area contributed by atoms with E-state index in [0.717, 1.165) is 19.3 Å². The van der Waals surface area contributed by atoms with Gasteiger partial charge in [-0.15, -0.1) is 12.4 Å². The van der Waals surface area contributed by atoms with Crippen LogP contribution < -0.4 is 5.73 Å². The smallest absolute Gasteiger partial charge is 0.0949 e. The molecule has 0 aliphatic heterocycles. The van der Waals surface area contributed by atoms with E-state index in [1.807, 2.05) is 0 Å². The molecule has 0 spiro atoms. The van der Waals surface area contributed by atoms with E-state index in [1.54, 1.807) is 0 Å². The number of halogens is 1. The van der Waals surface area contributed by atoms with Crippen molar-refractivity contribution in [2.45, 2.75) is 43.9 Å². The lowest BCUT2D eigenvalue weighted by Crippen LogP contribution is -2.41. The molecule has 3 nitrogen and oxygen atoms in total. The second-order valence-electron chi connectivity index (χ2n) is 3.01. The number of aliphatic hydroxyl groups is 2. The second kappa shape index (κ2) is 4.93. The summed E-state index contributed by atoms with van der Waals surface area (Å²) >= 11 is 0. The van der Waals surface area contributed by atoms with Gasteiger partial charge in [-0.1, -0.05) is 12.8 Å². The maximum absolute atomic E-state index is 9.25. The van der Waals surface area contributed by atoms with Crippen LogP contribution in [0.1, 0.15) is 25.7 Å². The van der Waals surface area contributed by atoms with Gasteiger partial charge in [0.05, 0.1) is 12.2 Å². The molecule has 1 saturated carbocycles. The quantitative estimate of drug-likeness (QED) is 0.462. The Bertz CT molecular complexity index is 101. The monoisotopic (exact) mass is 181 g/mol. The van der Waals surface area contributed by atoms with Crippen molar-refractivity contribution >= 4 is 12.4 Å². The molecule has 0 heterocycles. The number of aliphatic hydroxyl groups excluding tert-OH is 2. The summed E-state index contributed by atoms with van der Waals surface area (Å²) in [6.45, 7) is 0. The van der Waals surface area contributed by atoms with Crippen LogP contribution in [-0.4, -0.2) is 28.5 Å². The minimum atomic E-state index is -0.706. The van der Waals surface area contributed by atoms with Crippen molar-refractivity contribution in [1.29, 1.82) is 0 Å². The van der Waals surface area contributed by atoms with Crippen molar-refractivity contribution in [3.63, 3.8) is 0 Å². The molecule has 0 unspecified atom stereocenters. The highest BCUT2D eigenvalue weighted by Gasteiger charge is 2.25. The van der Waals surface area contributed by atoms with Crippen LogP contribution in [0.2, 0.25) is 0 Å². The summed E-state index contributed by atoms with van der Waals surface area (Å²) in [7, 11) is 0. The molecule has 0 radical (unpaired) electrons. The van der Waals surface area contributed by atoms with Crippen LogP contribution in [0.25, 0.3) is 0 Å². The van der Waals surface area contributed by atoms with Gasteiger partial charge >= 0.3 is 0 Å². The molecule has 4 heteroatoms. The standard InChI is InChI=1S/C7H15NO2.ClH/c8-5-3-1-2-4-6(9)7(5)10;/h5-7,9-10H,1-4,8H2;1H/t5-,6-,7+;/m1./s1. The van der Waals surface area contributed by atoms with E-state index in [4.69, 9.17) is 5.73 Å². The molecular weight excluding hydrogens is 166 g/mol. The molecule has 3 atom stereocenters. The summed E-state index contributed by atoms with van der Waals surface area (Å²) in [5.74, 6) is 0. The van der Waals surface area contributed by atoms with Crippen molar-refractivity contribution in [1.82, 2.24) is 0 Å². The zero-order valence-corrected chi connectivity index (χ0v) is 7.26. The van der Waals surface area contributed by atoms with Gasteiger partial charge in [-0.2, -0.15) is 0 Å². The predicted octanol–water partition coefficient (Wildman–Crippen LogP) is 0.0313. The van der Waals surface area contributed by atoms with Crippen LogP contribution in [0.4, 0.5) is 0 Å². The third-order valence-electron chi connectivity index (χ3n) is 2.12. The van der Waals surface area contributed by atoms with E-state index in [9.17, 15) is 10.2 Å². The predicted molar refractivity (Wildman–Crippen MR) is 45.7 cm³/mol. The molecule has 1 fully saturated rings. The van der Waals surface area contributed by atoms with E-state index in [2.05, 4.69) is 0 Å². The summed E-state index contributed by atoms with van der Waals surface area (Å²) in [4.78, 5) is 0. The topological polar surface area (TPSA) is 66.5 Å². The summed E-state index contributed by atoms with van der Waals surface area (Å²) in [6, 6.07) is -0.225. The Hall–Kier alpha value is 0.170. The number of nitrogens with two attached hydrogens (primary N) is 1. The highest BCUT2D eigenvalue weighted by atomic mass is 35.5. The van der Waals surface area contributed by atoms with Crippen molar-refractivity contribution < 1.29 is 10.2 Å². The zero-order chi connectivity index (χ0) is 7.56.